The molecule has 0 radical (unpaired) electrons. The summed E-state index contributed by atoms with van der Waals surface area (Å²) in [7, 11) is 0. The van der Waals surface area contributed by atoms with E-state index in [1.54, 1.807) is 59.7 Å². The molecule has 4 rings (SSSR count). The number of rotatable bonds is 4. The van der Waals surface area contributed by atoms with E-state index in [9.17, 15) is 22.8 Å². The van der Waals surface area contributed by atoms with Crippen LogP contribution in [0, 0.1) is 0 Å². The Morgan fingerprint density at radius 2 is 1.64 bits per heavy atom. The van der Waals surface area contributed by atoms with E-state index in [0.717, 1.165) is 11.6 Å². The smallest absolute Gasteiger partial charge is 0.433 e. The Hall–Kier alpha value is -3.76. The zero-order valence-corrected chi connectivity index (χ0v) is 22.7. The Balaban J connectivity index is 1.52. The summed E-state index contributed by atoms with van der Waals surface area (Å²) >= 11 is 0. The van der Waals surface area contributed by atoms with Crippen molar-refractivity contribution in [3.8, 4) is 5.75 Å². The number of halogens is 3. The highest BCUT2D eigenvalue weighted by molar-refractivity contribution is 6.03. The lowest BCUT2D eigenvalue weighted by molar-refractivity contribution is -0.141. The lowest BCUT2D eigenvalue weighted by atomic mass is 9.78. The molecule has 0 unspecified atom stereocenters. The highest BCUT2D eigenvalue weighted by atomic mass is 19.4. The van der Waals surface area contributed by atoms with Crippen molar-refractivity contribution >= 4 is 28.8 Å². The van der Waals surface area contributed by atoms with Crippen LogP contribution in [0.15, 0.2) is 42.7 Å². The van der Waals surface area contributed by atoms with Gasteiger partial charge in [-0.3, -0.25) is 14.9 Å². The first kappa shape index (κ1) is 28.3. The third kappa shape index (κ3) is 7.01. The van der Waals surface area contributed by atoms with Crippen molar-refractivity contribution in [2.75, 3.05) is 5.32 Å². The van der Waals surface area contributed by atoms with Crippen molar-refractivity contribution in [2.24, 2.45) is 0 Å². The molecule has 210 valence electrons. The molecule has 11 heteroatoms. The van der Waals surface area contributed by atoms with Crippen molar-refractivity contribution in [1.29, 1.82) is 0 Å². The minimum absolute atomic E-state index is 0.0474. The van der Waals surface area contributed by atoms with E-state index in [0.29, 0.717) is 35.2 Å². The average Bonchev–Trinajstić information content (AvgIpc) is 3.11. The largest absolute Gasteiger partial charge is 0.490 e. The topological polar surface area (TPSA) is 91.7 Å². The molecular formula is C28H32F3N3O5. The van der Waals surface area contributed by atoms with Crippen LogP contribution in [0.3, 0.4) is 0 Å². The van der Waals surface area contributed by atoms with Crippen LogP contribution in [0.4, 0.5) is 28.4 Å². The standard InChI is InChI=1S/C28H32F3N3O5/c1-26(2,3)38-24(35)33-21-15-34(25(36)39-27(4,5)6)22-9-8-18(13-20(21)22)37-19-11-17(12-19)16-7-10-23(32-14-16)28(29,30)31/h7-10,13-15,17,19H,11-12H2,1-6H3,(H,33,35)/t17-,19-. The number of alkyl halides is 3. The zero-order valence-electron chi connectivity index (χ0n) is 22.7. The second-order valence-corrected chi connectivity index (χ2v) is 11.6. The lowest BCUT2D eigenvalue weighted by Gasteiger charge is -2.35. The molecule has 1 aromatic carbocycles. The van der Waals surface area contributed by atoms with Crippen LogP contribution in [-0.4, -0.2) is 39.0 Å². The number of nitrogens with one attached hydrogen (secondary N) is 1. The quantitative estimate of drug-likeness (QED) is 0.363. The van der Waals surface area contributed by atoms with Crippen molar-refractivity contribution in [1.82, 2.24) is 9.55 Å². The molecule has 8 nitrogen and oxygen atoms in total. The number of pyridine rings is 1. The van der Waals surface area contributed by atoms with Gasteiger partial charge in [0, 0.05) is 17.8 Å². The summed E-state index contributed by atoms with van der Waals surface area (Å²) in [6, 6.07) is 7.58. The average molecular weight is 548 g/mol. The molecule has 0 saturated heterocycles. The Bertz CT molecular complexity index is 1360. The summed E-state index contributed by atoms with van der Waals surface area (Å²) in [5.74, 6) is 0.567. The molecule has 39 heavy (non-hydrogen) atoms. The minimum atomic E-state index is -4.47. The highest BCUT2D eigenvalue weighted by Crippen LogP contribution is 2.40. The van der Waals surface area contributed by atoms with Crippen LogP contribution >= 0.6 is 0 Å². The summed E-state index contributed by atoms with van der Waals surface area (Å²) < 4.78 is 56.6. The molecule has 0 spiro atoms. The minimum Gasteiger partial charge on any atom is -0.490 e. The maximum absolute atomic E-state index is 12.9. The first-order valence-electron chi connectivity index (χ1n) is 12.6. The third-order valence-corrected chi connectivity index (χ3v) is 5.95. The van der Waals surface area contributed by atoms with Gasteiger partial charge in [0.25, 0.3) is 0 Å². The van der Waals surface area contributed by atoms with Crippen LogP contribution in [0.25, 0.3) is 10.9 Å². The van der Waals surface area contributed by atoms with Crippen molar-refractivity contribution in [2.45, 2.75) is 83.8 Å². The second kappa shape index (κ2) is 10.1. The highest BCUT2D eigenvalue weighted by Gasteiger charge is 2.35. The fourth-order valence-electron chi connectivity index (χ4n) is 4.20. The second-order valence-electron chi connectivity index (χ2n) is 11.6. The van der Waals surface area contributed by atoms with Crippen LogP contribution in [0.5, 0.6) is 5.75 Å². The number of hydrogen-bond donors (Lipinski definition) is 1. The van der Waals surface area contributed by atoms with E-state index in [1.807, 2.05) is 0 Å². The van der Waals surface area contributed by atoms with E-state index in [1.165, 1.54) is 23.0 Å². The normalized spacial score (nSPS) is 17.9. The van der Waals surface area contributed by atoms with Crippen molar-refractivity contribution < 1.29 is 37.0 Å². The zero-order chi connectivity index (χ0) is 28.8. The summed E-state index contributed by atoms with van der Waals surface area (Å²) in [4.78, 5) is 28.9. The Labute approximate surface area is 224 Å². The number of amides is 1. The van der Waals surface area contributed by atoms with Crippen LogP contribution in [-0.2, 0) is 15.7 Å². The lowest BCUT2D eigenvalue weighted by Crippen LogP contribution is -2.32. The number of benzene rings is 1. The fourth-order valence-corrected chi connectivity index (χ4v) is 4.20. The van der Waals surface area contributed by atoms with E-state index < -0.39 is 35.3 Å². The fraction of sp³-hybridized carbons (Fsp3) is 0.464. The van der Waals surface area contributed by atoms with E-state index in [-0.39, 0.29) is 12.0 Å². The van der Waals surface area contributed by atoms with Gasteiger partial charge in [-0.2, -0.15) is 13.2 Å². The SMILES string of the molecule is CC(C)(C)OC(=O)Nc1cn(C(=O)OC(C)(C)C)c2ccc(O[C@H]3C[C@H](c4ccc(C(F)(F)F)nc4)C3)cc12. The number of anilines is 1. The van der Waals surface area contributed by atoms with E-state index in [2.05, 4.69) is 10.3 Å². The van der Waals surface area contributed by atoms with Gasteiger partial charge >= 0.3 is 18.4 Å². The molecule has 1 aliphatic carbocycles. The van der Waals surface area contributed by atoms with Gasteiger partial charge in [0.1, 0.15) is 22.6 Å². The monoisotopic (exact) mass is 547 g/mol. The molecule has 1 aliphatic rings. The summed E-state index contributed by atoms with van der Waals surface area (Å²) in [5, 5.41) is 3.25. The molecule has 3 aromatic rings. The molecular weight excluding hydrogens is 515 g/mol. The number of nitrogens with zero attached hydrogens (tertiary/aromatic N) is 2. The number of hydrogen-bond acceptors (Lipinski definition) is 6. The summed E-state index contributed by atoms with van der Waals surface area (Å²) in [6.45, 7) is 10.5. The molecule has 1 amide bonds. The van der Waals surface area contributed by atoms with Gasteiger partial charge in [-0.1, -0.05) is 6.07 Å². The number of aromatic nitrogens is 2. The molecule has 1 fully saturated rings. The maximum Gasteiger partial charge on any atom is 0.433 e. The Morgan fingerprint density at radius 3 is 2.21 bits per heavy atom. The third-order valence-electron chi connectivity index (χ3n) is 5.95. The van der Waals surface area contributed by atoms with Gasteiger partial charge in [-0.05, 0) is 90.1 Å². The molecule has 0 atom stereocenters. The molecule has 0 bridgehead atoms. The molecule has 2 aromatic heterocycles. The first-order valence-corrected chi connectivity index (χ1v) is 12.6. The van der Waals surface area contributed by atoms with Gasteiger partial charge in [-0.25, -0.2) is 9.59 Å². The number of carbonyl (C=O) groups excluding carboxylic acids is 2. The first-order chi connectivity index (χ1) is 18.0. The number of ether oxygens (including phenoxy) is 3. The van der Waals surface area contributed by atoms with E-state index in [4.69, 9.17) is 14.2 Å². The van der Waals surface area contributed by atoms with Gasteiger partial charge in [0.15, 0.2) is 0 Å². The van der Waals surface area contributed by atoms with E-state index >= 15 is 0 Å². The van der Waals surface area contributed by atoms with Crippen molar-refractivity contribution in [3.05, 3.63) is 54.0 Å². The number of fused-ring (bicyclic) bond motifs is 1. The predicted molar refractivity (Wildman–Crippen MR) is 139 cm³/mol. The van der Waals surface area contributed by atoms with Crippen molar-refractivity contribution in [3.63, 3.8) is 0 Å². The van der Waals surface area contributed by atoms with Gasteiger partial charge in [0.2, 0.25) is 0 Å². The molecule has 2 heterocycles. The number of carbonyl (C=O) groups is 2. The predicted octanol–water partition coefficient (Wildman–Crippen LogP) is 7.51. The van der Waals surface area contributed by atoms with Gasteiger partial charge in [0.05, 0.1) is 17.3 Å². The van der Waals surface area contributed by atoms with Crippen LogP contribution in [0.1, 0.15) is 71.6 Å². The molecule has 1 saturated carbocycles. The van der Waals surface area contributed by atoms with Gasteiger partial charge < -0.3 is 14.2 Å². The summed E-state index contributed by atoms with van der Waals surface area (Å²) in [5.41, 5.74) is -0.774. The van der Waals surface area contributed by atoms with Crippen LogP contribution in [0.2, 0.25) is 0 Å². The van der Waals surface area contributed by atoms with Crippen LogP contribution < -0.4 is 10.1 Å². The molecule has 1 N–H and O–H groups in total. The van der Waals surface area contributed by atoms with Gasteiger partial charge in [-0.15, -0.1) is 0 Å². The Morgan fingerprint density at radius 1 is 0.974 bits per heavy atom. The summed E-state index contributed by atoms with van der Waals surface area (Å²) in [6.07, 6.45) is -1.92. The molecule has 0 aliphatic heterocycles. The maximum atomic E-state index is 12.9. The Kier molecular flexibility index (Phi) is 7.31.